The van der Waals surface area contributed by atoms with Gasteiger partial charge in [0.1, 0.15) is 16.2 Å². The average molecular weight is 698 g/mol. The van der Waals surface area contributed by atoms with Crippen molar-refractivity contribution in [3.8, 4) is 50.4 Å². The molecule has 0 fully saturated rings. The first-order chi connectivity index (χ1) is 26.2. The van der Waals surface area contributed by atoms with Gasteiger partial charge in [-0.25, -0.2) is 19.9 Å². The molecule has 0 spiro atoms. The van der Waals surface area contributed by atoms with E-state index < -0.39 is 0 Å². The fourth-order valence-electron chi connectivity index (χ4n) is 7.45. The van der Waals surface area contributed by atoms with E-state index in [1.54, 1.807) is 11.3 Å². The Bertz CT molecular complexity index is 3150. The van der Waals surface area contributed by atoms with Crippen molar-refractivity contribution in [2.45, 2.75) is 0 Å². The highest BCUT2D eigenvalue weighted by Gasteiger charge is 2.20. The smallest absolute Gasteiger partial charge is 0.164 e. The summed E-state index contributed by atoms with van der Waals surface area (Å²) in [6.45, 7) is 0. The predicted molar refractivity (Wildman–Crippen MR) is 216 cm³/mol. The van der Waals surface area contributed by atoms with Crippen LogP contribution in [0.4, 0.5) is 0 Å². The van der Waals surface area contributed by atoms with E-state index in [0.29, 0.717) is 17.5 Å². The fraction of sp³-hybridized carbons (Fsp3) is 0. The van der Waals surface area contributed by atoms with Gasteiger partial charge in [0.25, 0.3) is 0 Å². The minimum atomic E-state index is 0.584. The molecule has 0 radical (unpaired) electrons. The Morgan fingerprint density at radius 2 is 1.15 bits per heavy atom. The first-order valence-corrected chi connectivity index (χ1v) is 18.3. The van der Waals surface area contributed by atoms with Crippen molar-refractivity contribution in [3.63, 3.8) is 0 Å². The lowest BCUT2D eigenvalue weighted by Crippen LogP contribution is -2.00. The minimum Gasteiger partial charge on any atom is -0.456 e. The Morgan fingerprint density at radius 1 is 0.453 bits per heavy atom. The Balaban J connectivity index is 1.11. The topological polar surface area (TPSA) is 69.6 Å². The van der Waals surface area contributed by atoms with Crippen molar-refractivity contribution >= 4 is 65.3 Å². The van der Waals surface area contributed by atoms with Crippen LogP contribution in [-0.2, 0) is 0 Å². The molecule has 0 bridgehead atoms. The monoisotopic (exact) mass is 697 g/mol. The maximum absolute atomic E-state index is 6.52. The Labute approximate surface area is 307 Å². The van der Waals surface area contributed by atoms with Crippen molar-refractivity contribution in [2.24, 2.45) is 0 Å². The molecule has 0 aliphatic heterocycles. The molecule has 7 heteroatoms. The molecule has 53 heavy (non-hydrogen) atoms. The highest BCUT2D eigenvalue weighted by Crippen LogP contribution is 2.40. The Kier molecular flexibility index (Phi) is 6.62. The van der Waals surface area contributed by atoms with Crippen molar-refractivity contribution in [1.29, 1.82) is 0 Å². The van der Waals surface area contributed by atoms with Gasteiger partial charge in [-0.2, -0.15) is 0 Å². The summed E-state index contributed by atoms with van der Waals surface area (Å²) in [5.41, 5.74) is 9.64. The van der Waals surface area contributed by atoms with E-state index in [0.717, 1.165) is 76.1 Å². The summed E-state index contributed by atoms with van der Waals surface area (Å²) in [7, 11) is 0. The zero-order valence-electron chi connectivity index (χ0n) is 28.1. The maximum atomic E-state index is 6.52. The van der Waals surface area contributed by atoms with Gasteiger partial charge in [0.15, 0.2) is 17.5 Å². The summed E-state index contributed by atoms with van der Waals surface area (Å²) >= 11 is 1.68. The second-order valence-corrected chi connectivity index (χ2v) is 14.1. The molecule has 0 unspecified atom stereocenters. The fourth-order valence-corrected chi connectivity index (χ4v) is 8.41. The number of rotatable bonds is 5. The number of thiazole rings is 1. The number of furan rings is 1. The molecular weight excluding hydrogens is 671 g/mol. The second-order valence-electron chi connectivity index (χ2n) is 13.1. The molecule has 0 amide bonds. The zero-order chi connectivity index (χ0) is 34.9. The number of aromatic nitrogens is 5. The summed E-state index contributed by atoms with van der Waals surface area (Å²) in [5.74, 6) is 1.79. The molecule has 0 aliphatic carbocycles. The molecule has 0 aliphatic rings. The third-order valence-corrected chi connectivity index (χ3v) is 11.0. The lowest BCUT2D eigenvalue weighted by molar-refractivity contribution is 0.669. The average Bonchev–Trinajstić information content (AvgIpc) is 3.92. The lowest BCUT2D eigenvalue weighted by atomic mass is 10.0. The molecule has 4 aromatic heterocycles. The summed E-state index contributed by atoms with van der Waals surface area (Å²) in [6, 6.07) is 56.3. The van der Waals surface area contributed by atoms with E-state index >= 15 is 0 Å². The van der Waals surface area contributed by atoms with Gasteiger partial charge in [0, 0.05) is 49.5 Å². The van der Waals surface area contributed by atoms with Crippen molar-refractivity contribution in [3.05, 3.63) is 164 Å². The Hall–Kier alpha value is -6.96. The van der Waals surface area contributed by atoms with Crippen LogP contribution in [0.2, 0.25) is 0 Å². The van der Waals surface area contributed by atoms with Crippen molar-refractivity contribution in [2.75, 3.05) is 0 Å². The van der Waals surface area contributed by atoms with Crippen LogP contribution in [0.25, 0.3) is 104 Å². The Morgan fingerprint density at radius 3 is 2.02 bits per heavy atom. The number of hydrogen-bond donors (Lipinski definition) is 0. The second kappa shape index (κ2) is 11.8. The molecule has 0 saturated carbocycles. The van der Waals surface area contributed by atoms with Crippen molar-refractivity contribution < 1.29 is 4.42 Å². The van der Waals surface area contributed by atoms with E-state index in [4.69, 9.17) is 24.4 Å². The van der Waals surface area contributed by atoms with Gasteiger partial charge >= 0.3 is 0 Å². The molecular formula is C46H27N5OS. The normalized spacial score (nSPS) is 11.8. The number of fused-ring (bicyclic) bond motifs is 7. The summed E-state index contributed by atoms with van der Waals surface area (Å²) in [6.07, 6.45) is 0. The van der Waals surface area contributed by atoms with Crippen LogP contribution in [0.1, 0.15) is 0 Å². The van der Waals surface area contributed by atoms with Gasteiger partial charge in [-0.15, -0.1) is 11.3 Å². The van der Waals surface area contributed by atoms with Gasteiger partial charge in [0.2, 0.25) is 0 Å². The highest BCUT2D eigenvalue weighted by atomic mass is 32.1. The standard InChI is InChI=1S/C46H27N5OS/c1-3-12-28(13-4-1)43-48-44(29-22-24-33-32-16-7-9-19-37(32)51(38(33)26-29)31-14-5-2-6-15-31)50-45(49-43)35-17-11-20-39-42(35)34-25-23-30(27-40(34)52-39)46-47-36-18-8-10-21-41(36)53-46/h1-27H. The third-order valence-electron chi connectivity index (χ3n) is 9.89. The van der Waals surface area contributed by atoms with E-state index in [2.05, 4.69) is 108 Å². The minimum absolute atomic E-state index is 0.584. The van der Waals surface area contributed by atoms with E-state index in [1.165, 1.54) is 10.8 Å². The van der Waals surface area contributed by atoms with Crippen LogP contribution >= 0.6 is 11.3 Å². The molecule has 4 heterocycles. The SMILES string of the molecule is c1ccc(-c2nc(-c3ccc4c5ccccc5n(-c5ccccc5)c4c3)nc(-c3cccc4oc5cc(-c6nc7ccccc7s6)ccc5c34)n2)cc1. The van der Waals surface area contributed by atoms with Crippen LogP contribution in [0.15, 0.2) is 168 Å². The quantitative estimate of drug-likeness (QED) is 0.179. The van der Waals surface area contributed by atoms with E-state index in [1.807, 2.05) is 60.7 Å². The third kappa shape index (κ3) is 4.86. The van der Waals surface area contributed by atoms with Crippen molar-refractivity contribution in [1.82, 2.24) is 24.5 Å². The molecule has 6 nitrogen and oxygen atoms in total. The molecule has 0 atom stereocenters. The van der Waals surface area contributed by atoms with E-state index in [9.17, 15) is 0 Å². The molecule has 0 N–H and O–H groups in total. The number of nitrogens with zero attached hydrogens (tertiary/aromatic N) is 5. The highest BCUT2D eigenvalue weighted by molar-refractivity contribution is 7.21. The number of benzene rings is 7. The van der Waals surface area contributed by atoms with E-state index in [-0.39, 0.29) is 0 Å². The van der Waals surface area contributed by atoms with Gasteiger partial charge in [-0.3, -0.25) is 0 Å². The van der Waals surface area contributed by atoms with Crippen LogP contribution in [-0.4, -0.2) is 24.5 Å². The van der Waals surface area contributed by atoms with Gasteiger partial charge in [-0.05, 0) is 54.6 Å². The number of hydrogen-bond acceptors (Lipinski definition) is 6. The molecule has 7 aromatic carbocycles. The molecule has 0 saturated heterocycles. The molecule has 11 rings (SSSR count). The summed E-state index contributed by atoms with van der Waals surface area (Å²) in [5, 5.41) is 5.30. The van der Waals surface area contributed by atoms with Gasteiger partial charge in [0.05, 0.1) is 21.3 Å². The zero-order valence-corrected chi connectivity index (χ0v) is 29.0. The summed E-state index contributed by atoms with van der Waals surface area (Å²) in [4.78, 5) is 20.3. The summed E-state index contributed by atoms with van der Waals surface area (Å²) < 4.78 is 9.99. The van der Waals surface area contributed by atoms with Crippen LogP contribution in [0.3, 0.4) is 0 Å². The van der Waals surface area contributed by atoms with Crippen LogP contribution in [0.5, 0.6) is 0 Å². The van der Waals surface area contributed by atoms with Gasteiger partial charge < -0.3 is 8.98 Å². The molecule has 248 valence electrons. The van der Waals surface area contributed by atoms with Crippen LogP contribution in [0, 0.1) is 0 Å². The number of para-hydroxylation sites is 3. The molecule has 11 aromatic rings. The first-order valence-electron chi connectivity index (χ1n) is 17.5. The van der Waals surface area contributed by atoms with Gasteiger partial charge in [-0.1, -0.05) is 109 Å². The first kappa shape index (κ1) is 29.7. The predicted octanol–water partition coefficient (Wildman–Crippen LogP) is 12.1. The largest absolute Gasteiger partial charge is 0.456 e. The maximum Gasteiger partial charge on any atom is 0.164 e. The lowest BCUT2D eigenvalue weighted by Gasteiger charge is -2.11. The van der Waals surface area contributed by atoms with Crippen LogP contribution < -0.4 is 0 Å².